The Morgan fingerprint density at radius 2 is 2.00 bits per heavy atom. The van der Waals surface area contributed by atoms with Gasteiger partial charge in [0.2, 0.25) is 0 Å². The molecular formula is C13H21NS. The molecule has 0 aromatic heterocycles. The molecule has 0 heterocycles. The van der Waals surface area contributed by atoms with E-state index in [1.54, 1.807) is 0 Å². The maximum Gasteiger partial charge on any atom is 0.0387 e. The van der Waals surface area contributed by atoms with Gasteiger partial charge in [0, 0.05) is 16.5 Å². The largest absolute Gasteiger partial charge is 0.323 e. The molecule has 0 saturated heterocycles. The predicted molar refractivity (Wildman–Crippen MR) is 70.3 cm³/mol. The van der Waals surface area contributed by atoms with E-state index in [1.165, 1.54) is 11.1 Å². The van der Waals surface area contributed by atoms with Gasteiger partial charge >= 0.3 is 0 Å². The zero-order valence-electron chi connectivity index (χ0n) is 10.1. The van der Waals surface area contributed by atoms with Gasteiger partial charge in [-0.25, -0.2) is 0 Å². The number of thioether (sulfide) groups is 1. The molecule has 1 atom stereocenters. The van der Waals surface area contributed by atoms with E-state index in [0.29, 0.717) is 4.75 Å². The highest BCUT2D eigenvalue weighted by molar-refractivity contribution is 8.00. The van der Waals surface area contributed by atoms with Crippen LogP contribution in [0.3, 0.4) is 0 Å². The van der Waals surface area contributed by atoms with Gasteiger partial charge in [-0.05, 0) is 12.5 Å². The Balaban J connectivity index is 2.58. The molecule has 0 aliphatic rings. The molecule has 0 bridgehead atoms. The Labute approximate surface area is 97.4 Å². The van der Waals surface area contributed by atoms with Gasteiger partial charge in [-0.15, -0.1) is 0 Å². The molecular weight excluding hydrogens is 202 g/mol. The third-order valence-corrected chi connectivity index (χ3v) is 3.56. The lowest BCUT2D eigenvalue weighted by atomic mass is 10.1. The molecule has 84 valence electrons. The number of hydrogen-bond acceptors (Lipinski definition) is 2. The first-order valence-electron chi connectivity index (χ1n) is 5.34. The van der Waals surface area contributed by atoms with Crippen LogP contribution >= 0.6 is 11.8 Å². The zero-order chi connectivity index (χ0) is 11.5. The normalized spacial score (nSPS) is 13.9. The Morgan fingerprint density at radius 1 is 1.33 bits per heavy atom. The molecule has 2 heteroatoms. The van der Waals surface area contributed by atoms with Crippen LogP contribution in [0.5, 0.6) is 0 Å². The minimum absolute atomic E-state index is 0.147. The van der Waals surface area contributed by atoms with Crippen molar-refractivity contribution in [2.75, 3.05) is 5.75 Å². The second-order valence-electron chi connectivity index (χ2n) is 4.94. The van der Waals surface area contributed by atoms with Gasteiger partial charge in [0.15, 0.2) is 0 Å². The highest BCUT2D eigenvalue weighted by Gasteiger charge is 2.14. The van der Waals surface area contributed by atoms with E-state index in [-0.39, 0.29) is 6.04 Å². The third kappa shape index (κ3) is 4.72. The Bertz CT molecular complexity index is 315. The summed E-state index contributed by atoms with van der Waals surface area (Å²) in [6.45, 7) is 8.77. The van der Waals surface area contributed by atoms with Gasteiger partial charge in [0.1, 0.15) is 0 Å². The number of aryl methyl sites for hydroxylation is 1. The molecule has 0 aliphatic heterocycles. The average Bonchev–Trinajstić information content (AvgIpc) is 2.13. The van der Waals surface area contributed by atoms with Crippen LogP contribution in [0.2, 0.25) is 0 Å². The van der Waals surface area contributed by atoms with Crippen molar-refractivity contribution in [3.63, 3.8) is 0 Å². The Kier molecular flexibility index (Phi) is 4.23. The summed E-state index contributed by atoms with van der Waals surface area (Å²) in [5, 5.41) is 0. The Morgan fingerprint density at radius 3 is 2.53 bits per heavy atom. The fraction of sp³-hybridized carbons (Fsp3) is 0.538. The van der Waals surface area contributed by atoms with Gasteiger partial charge < -0.3 is 5.73 Å². The van der Waals surface area contributed by atoms with Crippen molar-refractivity contribution in [2.24, 2.45) is 5.73 Å². The molecule has 1 nitrogen and oxygen atoms in total. The first kappa shape index (κ1) is 12.6. The molecule has 1 unspecified atom stereocenters. The first-order valence-corrected chi connectivity index (χ1v) is 6.33. The van der Waals surface area contributed by atoms with E-state index >= 15 is 0 Å². The van der Waals surface area contributed by atoms with E-state index in [9.17, 15) is 0 Å². The monoisotopic (exact) mass is 223 g/mol. The molecule has 0 spiro atoms. The van der Waals surface area contributed by atoms with E-state index in [2.05, 4.69) is 52.0 Å². The van der Waals surface area contributed by atoms with Crippen molar-refractivity contribution in [1.82, 2.24) is 0 Å². The molecule has 15 heavy (non-hydrogen) atoms. The summed E-state index contributed by atoms with van der Waals surface area (Å²) in [7, 11) is 0. The van der Waals surface area contributed by atoms with Crippen LogP contribution in [0.25, 0.3) is 0 Å². The highest BCUT2D eigenvalue weighted by Crippen LogP contribution is 2.27. The van der Waals surface area contributed by atoms with Crippen LogP contribution in [0.15, 0.2) is 24.3 Å². The number of nitrogens with two attached hydrogens (primary N) is 1. The summed E-state index contributed by atoms with van der Waals surface area (Å²) < 4.78 is 0.293. The molecule has 1 aromatic carbocycles. The molecule has 1 rings (SSSR count). The maximum absolute atomic E-state index is 6.15. The summed E-state index contributed by atoms with van der Waals surface area (Å²) in [6, 6.07) is 8.61. The third-order valence-electron chi connectivity index (χ3n) is 2.17. The van der Waals surface area contributed by atoms with Crippen molar-refractivity contribution in [3.05, 3.63) is 35.4 Å². The standard InChI is InChI=1S/C13H21NS/c1-10-6-5-7-11(8-10)12(14)9-15-13(2,3)4/h5-8,12H,9,14H2,1-4H3. The molecule has 0 amide bonds. The molecule has 2 N–H and O–H groups in total. The number of benzene rings is 1. The van der Waals surface area contributed by atoms with Gasteiger partial charge in [-0.3, -0.25) is 0 Å². The second-order valence-corrected chi connectivity index (χ2v) is 6.79. The van der Waals surface area contributed by atoms with Crippen LogP contribution in [0.4, 0.5) is 0 Å². The Hall–Kier alpha value is -0.470. The van der Waals surface area contributed by atoms with Crippen LogP contribution in [-0.4, -0.2) is 10.5 Å². The van der Waals surface area contributed by atoms with Crippen molar-refractivity contribution in [2.45, 2.75) is 38.5 Å². The smallest absolute Gasteiger partial charge is 0.0387 e. The number of rotatable bonds is 3. The summed E-state index contributed by atoms with van der Waals surface area (Å²) in [6.07, 6.45) is 0. The van der Waals surface area contributed by atoms with Crippen LogP contribution in [-0.2, 0) is 0 Å². The fourth-order valence-corrected chi connectivity index (χ4v) is 2.21. The van der Waals surface area contributed by atoms with Gasteiger partial charge in [0.05, 0.1) is 0 Å². The fourth-order valence-electron chi connectivity index (χ4n) is 1.34. The zero-order valence-corrected chi connectivity index (χ0v) is 10.9. The van der Waals surface area contributed by atoms with Gasteiger partial charge in [-0.2, -0.15) is 11.8 Å². The van der Waals surface area contributed by atoms with E-state index < -0.39 is 0 Å². The molecule has 1 aromatic rings. The minimum atomic E-state index is 0.147. The van der Waals surface area contributed by atoms with Crippen LogP contribution in [0.1, 0.15) is 37.9 Å². The van der Waals surface area contributed by atoms with Crippen molar-refractivity contribution < 1.29 is 0 Å². The minimum Gasteiger partial charge on any atom is -0.323 e. The van der Waals surface area contributed by atoms with E-state index in [1.807, 2.05) is 11.8 Å². The SMILES string of the molecule is Cc1cccc(C(N)CSC(C)(C)C)c1. The summed E-state index contributed by atoms with van der Waals surface area (Å²) in [5.41, 5.74) is 8.67. The van der Waals surface area contributed by atoms with E-state index in [4.69, 9.17) is 5.73 Å². The molecule has 0 radical (unpaired) electrons. The van der Waals surface area contributed by atoms with Crippen molar-refractivity contribution >= 4 is 11.8 Å². The molecule has 0 fully saturated rings. The first-order chi connectivity index (χ1) is 6.88. The quantitative estimate of drug-likeness (QED) is 0.848. The van der Waals surface area contributed by atoms with Crippen LogP contribution < -0.4 is 5.73 Å². The highest BCUT2D eigenvalue weighted by atomic mass is 32.2. The van der Waals surface area contributed by atoms with Gasteiger partial charge in [-0.1, -0.05) is 50.6 Å². The summed E-state index contributed by atoms with van der Waals surface area (Å²) in [5.74, 6) is 0.979. The van der Waals surface area contributed by atoms with Crippen molar-refractivity contribution in [3.8, 4) is 0 Å². The predicted octanol–water partition coefficient (Wildman–Crippen LogP) is 3.53. The average molecular weight is 223 g/mol. The number of hydrogen-bond donors (Lipinski definition) is 1. The lowest BCUT2D eigenvalue weighted by molar-refractivity contribution is 0.778. The van der Waals surface area contributed by atoms with Gasteiger partial charge in [0.25, 0.3) is 0 Å². The summed E-state index contributed by atoms with van der Waals surface area (Å²) in [4.78, 5) is 0. The van der Waals surface area contributed by atoms with Crippen LogP contribution in [0, 0.1) is 6.92 Å². The summed E-state index contributed by atoms with van der Waals surface area (Å²) >= 11 is 1.92. The lowest BCUT2D eigenvalue weighted by Crippen LogP contribution is -2.18. The topological polar surface area (TPSA) is 26.0 Å². The van der Waals surface area contributed by atoms with Crippen molar-refractivity contribution in [1.29, 1.82) is 0 Å². The lowest BCUT2D eigenvalue weighted by Gasteiger charge is -2.21. The molecule has 0 aliphatic carbocycles. The van der Waals surface area contributed by atoms with E-state index in [0.717, 1.165) is 5.75 Å². The second kappa shape index (κ2) is 5.04. The maximum atomic E-state index is 6.15. The molecule has 0 saturated carbocycles.